The molecule has 0 unspecified atom stereocenters. The largest absolute Gasteiger partial charge is 0.481 e. The predicted octanol–water partition coefficient (Wildman–Crippen LogP) is 3.50. The van der Waals surface area contributed by atoms with E-state index >= 15 is 0 Å². The zero-order valence-electron chi connectivity index (χ0n) is 15.0. The van der Waals surface area contributed by atoms with E-state index in [2.05, 4.69) is 10.0 Å². The number of anilines is 1. The normalized spacial score (nSPS) is 15.2. The summed E-state index contributed by atoms with van der Waals surface area (Å²) in [5.74, 6) is 0.182. The molecule has 2 aromatic rings. The van der Waals surface area contributed by atoms with Crippen molar-refractivity contribution in [1.29, 1.82) is 0 Å². The Morgan fingerprint density at radius 3 is 2.63 bits per heavy atom. The van der Waals surface area contributed by atoms with E-state index in [1.165, 1.54) is 12.1 Å². The lowest BCUT2D eigenvalue weighted by molar-refractivity contribution is -0.122. The van der Waals surface area contributed by atoms with Crippen molar-refractivity contribution in [3.8, 4) is 5.75 Å². The number of halogens is 1. The molecule has 1 fully saturated rings. The monoisotopic (exact) mass is 408 g/mol. The summed E-state index contributed by atoms with van der Waals surface area (Å²) in [6.07, 6.45) is 0.943. The number of sulfonamides is 1. The summed E-state index contributed by atoms with van der Waals surface area (Å²) in [6.45, 7) is 3.46. The van der Waals surface area contributed by atoms with Gasteiger partial charge in [-0.1, -0.05) is 17.7 Å². The van der Waals surface area contributed by atoms with Crippen LogP contribution in [0.4, 0.5) is 5.69 Å². The van der Waals surface area contributed by atoms with E-state index in [0.717, 1.165) is 18.4 Å². The molecule has 2 N–H and O–H groups in total. The number of rotatable bonds is 7. The number of nitrogens with one attached hydrogen (secondary N) is 2. The average Bonchev–Trinajstić information content (AvgIpc) is 3.41. The topological polar surface area (TPSA) is 84.5 Å². The SMILES string of the molecule is Cc1cc(Cl)ccc1O[C@H](C)C(=O)Nc1cccc(S(=O)(=O)NC2CC2)c1. The number of ether oxygens (including phenoxy) is 1. The molecular formula is C19H21ClN2O4S. The van der Waals surface area contributed by atoms with Crippen molar-refractivity contribution in [2.75, 3.05) is 5.32 Å². The third-order valence-corrected chi connectivity index (χ3v) is 5.87. The maximum atomic E-state index is 12.4. The summed E-state index contributed by atoms with van der Waals surface area (Å²) in [4.78, 5) is 12.5. The van der Waals surface area contributed by atoms with Gasteiger partial charge in [0.05, 0.1) is 4.90 Å². The standard InChI is InChI=1S/C19H21ClN2O4S/c1-12-10-14(20)6-9-18(12)26-13(2)19(23)21-16-4-3-5-17(11-16)27(24,25)22-15-7-8-15/h3-6,9-11,13,15,22H,7-8H2,1-2H3,(H,21,23)/t13-/m1/s1. The minimum Gasteiger partial charge on any atom is -0.481 e. The van der Waals surface area contributed by atoms with Gasteiger partial charge in [-0.15, -0.1) is 0 Å². The second-order valence-corrected chi connectivity index (χ2v) is 8.73. The summed E-state index contributed by atoms with van der Waals surface area (Å²) in [7, 11) is -3.58. The van der Waals surface area contributed by atoms with Crippen LogP contribution < -0.4 is 14.8 Å². The van der Waals surface area contributed by atoms with E-state index in [1.807, 2.05) is 6.92 Å². The first-order valence-corrected chi connectivity index (χ1v) is 10.5. The zero-order valence-corrected chi connectivity index (χ0v) is 16.6. The van der Waals surface area contributed by atoms with Gasteiger partial charge in [-0.3, -0.25) is 4.79 Å². The van der Waals surface area contributed by atoms with Crippen LogP contribution in [-0.4, -0.2) is 26.5 Å². The summed E-state index contributed by atoms with van der Waals surface area (Å²) >= 11 is 5.92. The van der Waals surface area contributed by atoms with Crippen LogP contribution in [0.2, 0.25) is 5.02 Å². The highest BCUT2D eigenvalue weighted by molar-refractivity contribution is 7.89. The molecule has 0 aliphatic heterocycles. The van der Waals surface area contributed by atoms with Crippen molar-refractivity contribution in [2.24, 2.45) is 0 Å². The van der Waals surface area contributed by atoms with Crippen LogP contribution in [0.1, 0.15) is 25.3 Å². The van der Waals surface area contributed by atoms with Crippen molar-refractivity contribution in [3.63, 3.8) is 0 Å². The first kappa shape index (κ1) is 19.7. The van der Waals surface area contributed by atoms with Crippen molar-refractivity contribution in [3.05, 3.63) is 53.1 Å². The average molecular weight is 409 g/mol. The fourth-order valence-electron chi connectivity index (χ4n) is 2.46. The van der Waals surface area contributed by atoms with Crippen LogP contribution in [0.5, 0.6) is 5.75 Å². The Bertz CT molecular complexity index is 958. The Morgan fingerprint density at radius 2 is 1.96 bits per heavy atom. The number of aryl methyl sites for hydroxylation is 1. The molecule has 3 rings (SSSR count). The molecular weight excluding hydrogens is 388 g/mol. The lowest BCUT2D eigenvalue weighted by Gasteiger charge is -2.17. The number of carbonyl (C=O) groups excluding carboxylic acids is 1. The first-order valence-electron chi connectivity index (χ1n) is 8.61. The van der Waals surface area contributed by atoms with Crippen LogP contribution >= 0.6 is 11.6 Å². The van der Waals surface area contributed by atoms with E-state index in [9.17, 15) is 13.2 Å². The number of carbonyl (C=O) groups is 1. The Hall–Kier alpha value is -2.09. The molecule has 1 amide bonds. The summed E-state index contributed by atoms with van der Waals surface area (Å²) in [5.41, 5.74) is 1.21. The van der Waals surface area contributed by atoms with Crippen molar-refractivity contribution < 1.29 is 17.9 Å². The fraction of sp³-hybridized carbons (Fsp3) is 0.316. The molecule has 8 heteroatoms. The van der Waals surface area contributed by atoms with Crippen LogP contribution in [0.15, 0.2) is 47.4 Å². The molecule has 1 aliphatic carbocycles. The van der Waals surface area contributed by atoms with Gasteiger partial charge in [0.2, 0.25) is 10.0 Å². The number of hydrogen-bond donors (Lipinski definition) is 2. The Morgan fingerprint density at radius 1 is 1.22 bits per heavy atom. The molecule has 0 heterocycles. The quantitative estimate of drug-likeness (QED) is 0.734. The molecule has 27 heavy (non-hydrogen) atoms. The molecule has 1 saturated carbocycles. The minimum atomic E-state index is -3.58. The van der Waals surface area contributed by atoms with Crippen LogP contribution in [-0.2, 0) is 14.8 Å². The number of hydrogen-bond acceptors (Lipinski definition) is 4. The molecule has 0 saturated heterocycles. The van der Waals surface area contributed by atoms with Gasteiger partial charge >= 0.3 is 0 Å². The van der Waals surface area contributed by atoms with Gasteiger partial charge in [0.1, 0.15) is 5.75 Å². The van der Waals surface area contributed by atoms with Gasteiger partial charge in [-0.05, 0) is 68.7 Å². The molecule has 144 valence electrons. The number of benzene rings is 2. The van der Waals surface area contributed by atoms with Crippen molar-refractivity contribution in [1.82, 2.24) is 4.72 Å². The number of amides is 1. The highest BCUT2D eigenvalue weighted by atomic mass is 35.5. The Balaban J connectivity index is 1.67. The fourth-order valence-corrected chi connectivity index (χ4v) is 4.04. The summed E-state index contributed by atoms with van der Waals surface area (Å²) in [5, 5.41) is 3.28. The highest BCUT2D eigenvalue weighted by Crippen LogP contribution is 2.24. The second kappa shape index (κ2) is 7.88. The second-order valence-electron chi connectivity index (χ2n) is 6.58. The van der Waals surface area contributed by atoms with E-state index in [4.69, 9.17) is 16.3 Å². The Kier molecular flexibility index (Phi) is 5.74. The van der Waals surface area contributed by atoms with Crippen molar-refractivity contribution in [2.45, 2.75) is 43.7 Å². The molecule has 0 spiro atoms. The smallest absolute Gasteiger partial charge is 0.265 e. The van der Waals surface area contributed by atoms with E-state index in [0.29, 0.717) is 16.5 Å². The van der Waals surface area contributed by atoms with Crippen LogP contribution in [0, 0.1) is 6.92 Å². The lowest BCUT2D eigenvalue weighted by Crippen LogP contribution is -2.30. The van der Waals surface area contributed by atoms with E-state index in [1.54, 1.807) is 37.3 Å². The molecule has 0 bridgehead atoms. The van der Waals surface area contributed by atoms with Gasteiger partial charge in [0.15, 0.2) is 6.10 Å². The summed E-state index contributed by atoms with van der Waals surface area (Å²) < 4.78 is 32.9. The molecule has 1 aliphatic rings. The predicted molar refractivity (Wildman–Crippen MR) is 105 cm³/mol. The molecule has 0 radical (unpaired) electrons. The van der Waals surface area contributed by atoms with Gasteiger partial charge in [0, 0.05) is 16.8 Å². The third kappa shape index (κ3) is 5.22. The van der Waals surface area contributed by atoms with Gasteiger partial charge in [-0.2, -0.15) is 0 Å². The molecule has 0 aromatic heterocycles. The van der Waals surface area contributed by atoms with Crippen molar-refractivity contribution >= 4 is 33.2 Å². The van der Waals surface area contributed by atoms with Crippen LogP contribution in [0.25, 0.3) is 0 Å². The Labute approximate surface area is 163 Å². The van der Waals surface area contributed by atoms with Crippen LogP contribution in [0.3, 0.4) is 0 Å². The first-order chi connectivity index (χ1) is 12.7. The minimum absolute atomic E-state index is 0.0179. The van der Waals surface area contributed by atoms with Gasteiger partial charge < -0.3 is 10.1 Å². The lowest BCUT2D eigenvalue weighted by atomic mass is 10.2. The maximum Gasteiger partial charge on any atom is 0.265 e. The zero-order chi connectivity index (χ0) is 19.6. The maximum absolute atomic E-state index is 12.4. The highest BCUT2D eigenvalue weighted by Gasteiger charge is 2.28. The van der Waals surface area contributed by atoms with Gasteiger partial charge in [-0.25, -0.2) is 13.1 Å². The molecule has 6 nitrogen and oxygen atoms in total. The molecule has 1 atom stereocenters. The van der Waals surface area contributed by atoms with E-state index < -0.39 is 16.1 Å². The van der Waals surface area contributed by atoms with E-state index in [-0.39, 0.29) is 16.8 Å². The third-order valence-electron chi connectivity index (χ3n) is 4.12. The molecule has 2 aromatic carbocycles. The van der Waals surface area contributed by atoms with Gasteiger partial charge in [0.25, 0.3) is 5.91 Å². The summed E-state index contributed by atoms with van der Waals surface area (Å²) in [6, 6.07) is 11.3.